The smallest absolute Gasteiger partial charge is 0.257 e. The van der Waals surface area contributed by atoms with Crippen molar-refractivity contribution in [3.05, 3.63) is 40.4 Å². The van der Waals surface area contributed by atoms with Gasteiger partial charge in [0.1, 0.15) is 6.33 Å². The lowest BCUT2D eigenvalue weighted by Gasteiger charge is -2.35. The molecular weight excluding hydrogens is 338 g/mol. The number of thiazole rings is 1. The third-order valence-corrected chi connectivity index (χ3v) is 5.67. The molecule has 3 aliphatic heterocycles. The summed E-state index contributed by atoms with van der Waals surface area (Å²) in [5.41, 5.74) is 3.88. The summed E-state index contributed by atoms with van der Waals surface area (Å²) in [5.74, 6) is -0.0786. The fourth-order valence-electron chi connectivity index (χ4n) is 3.68. The third kappa shape index (κ3) is 3.02. The average molecular weight is 357 g/mol. The van der Waals surface area contributed by atoms with E-state index < -0.39 is 0 Å². The summed E-state index contributed by atoms with van der Waals surface area (Å²) >= 11 is 1.53. The Bertz CT molecular complexity index is 794. The van der Waals surface area contributed by atoms with Gasteiger partial charge in [0, 0.05) is 30.7 Å². The Morgan fingerprint density at radius 2 is 2.20 bits per heavy atom. The standard InChI is InChI=1S/C17H19N5O2S/c1-11-15(4-18-9-19-11)17(24)21-5-12-2-3-14(7-21)22(16(12)23)6-13-8-25-10-20-13/h4,8-10,12,14H,2-3,5-7H2,1H3/t12-,14+/m0/s1. The zero-order valence-electron chi connectivity index (χ0n) is 14.0. The first kappa shape index (κ1) is 16.1. The van der Waals surface area contributed by atoms with Gasteiger partial charge in [-0.15, -0.1) is 11.3 Å². The monoisotopic (exact) mass is 357 g/mol. The number of amides is 2. The third-order valence-electron chi connectivity index (χ3n) is 5.04. The number of hydrogen-bond acceptors (Lipinski definition) is 6. The second-order valence-corrected chi connectivity index (χ2v) is 7.32. The fraction of sp³-hybridized carbons (Fsp3) is 0.471. The molecule has 7 nitrogen and oxygen atoms in total. The minimum absolute atomic E-state index is 0.0434. The molecule has 3 aliphatic rings. The molecule has 3 fully saturated rings. The molecule has 0 saturated carbocycles. The van der Waals surface area contributed by atoms with Crippen LogP contribution < -0.4 is 0 Å². The Morgan fingerprint density at radius 3 is 2.96 bits per heavy atom. The van der Waals surface area contributed by atoms with E-state index in [0.29, 0.717) is 30.9 Å². The van der Waals surface area contributed by atoms with Gasteiger partial charge in [0.25, 0.3) is 5.91 Å². The number of carbonyl (C=O) groups is 2. The topological polar surface area (TPSA) is 79.3 Å². The number of fused-ring (bicyclic) bond motifs is 4. The number of carbonyl (C=O) groups excluding carboxylic acids is 2. The maximum absolute atomic E-state index is 12.9. The first-order chi connectivity index (χ1) is 12.1. The minimum Gasteiger partial charge on any atom is -0.336 e. The molecule has 0 N–H and O–H groups in total. The van der Waals surface area contributed by atoms with E-state index in [1.807, 2.05) is 10.3 Å². The molecule has 2 aromatic heterocycles. The molecule has 8 heteroatoms. The SMILES string of the molecule is Cc1ncncc1C(=O)N1C[C@@H]2CC[C@H](C1)N(Cc1cscn1)C2=O. The van der Waals surface area contributed by atoms with Gasteiger partial charge in [-0.1, -0.05) is 0 Å². The molecule has 5 rings (SSSR count). The number of rotatable bonds is 3. The maximum Gasteiger partial charge on any atom is 0.257 e. The lowest BCUT2D eigenvalue weighted by atomic mass is 9.94. The van der Waals surface area contributed by atoms with E-state index in [2.05, 4.69) is 15.0 Å². The van der Waals surface area contributed by atoms with Gasteiger partial charge in [0.15, 0.2) is 0 Å². The number of nitrogens with zero attached hydrogens (tertiary/aromatic N) is 5. The predicted molar refractivity (Wildman–Crippen MR) is 91.8 cm³/mol. The van der Waals surface area contributed by atoms with Crippen LogP contribution in [-0.2, 0) is 11.3 Å². The molecule has 2 amide bonds. The van der Waals surface area contributed by atoms with Crippen molar-refractivity contribution >= 4 is 23.2 Å². The summed E-state index contributed by atoms with van der Waals surface area (Å²) in [6.45, 7) is 3.36. The largest absolute Gasteiger partial charge is 0.336 e. The van der Waals surface area contributed by atoms with Gasteiger partial charge in [-0.25, -0.2) is 15.0 Å². The zero-order valence-corrected chi connectivity index (χ0v) is 14.8. The van der Waals surface area contributed by atoms with Gasteiger partial charge < -0.3 is 9.80 Å². The normalized spacial score (nSPS) is 23.0. The van der Waals surface area contributed by atoms with Gasteiger partial charge in [-0.2, -0.15) is 0 Å². The highest BCUT2D eigenvalue weighted by atomic mass is 32.1. The number of aromatic nitrogens is 3. The Hall–Kier alpha value is -2.35. The highest BCUT2D eigenvalue weighted by molar-refractivity contribution is 7.07. The van der Waals surface area contributed by atoms with E-state index in [9.17, 15) is 9.59 Å². The van der Waals surface area contributed by atoms with Crippen LogP contribution in [-0.4, -0.2) is 55.7 Å². The molecule has 2 aromatic rings. The second-order valence-electron chi connectivity index (χ2n) is 6.61. The summed E-state index contributed by atoms with van der Waals surface area (Å²) in [7, 11) is 0. The Labute approximate surface area is 149 Å². The van der Waals surface area contributed by atoms with Crippen LogP contribution in [0.3, 0.4) is 0 Å². The number of hydrogen-bond donors (Lipinski definition) is 0. The van der Waals surface area contributed by atoms with Crippen molar-refractivity contribution in [1.82, 2.24) is 24.8 Å². The van der Waals surface area contributed by atoms with Crippen molar-refractivity contribution in [2.45, 2.75) is 32.4 Å². The summed E-state index contributed by atoms with van der Waals surface area (Å²) in [6.07, 6.45) is 4.77. The van der Waals surface area contributed by atoms with Crippen LogP contribution in [0.1, 0.15) is 34.6 Å². The van der Waals surface area contributed by atoms with Crippen LogP contribution in [0.2, 0.25) is 0 Å². The van der Waals surface area contributed by atoms with Gasteiger partial charge in [0.2, 0.25) is 5.91 Å². The van der Waals surface area contributed by atoms with Crippen LogP contribution in [0.25, 0.3) is 0 Å². The molecule has 0 unspecified atom stereocenters. The van der Waals surface area contributed by atoms with Gasteiger partial charge in [0.05, 0.1) is 34.9 Å². The number of piperidine rings is 1. The second kappa shape index (κ2) is 6.51. The quantitative estimate of drug-likeness (QED) is 0.832. The van der Waals surface area contributed by atoms with Crippen LogP contribution in [0.5, 0.6) is 0 Å². The zero-order chi connectivity index (χ0) is 17.4. The van der Waals surface area contributed by atoms with Crippen LogP contribution in [0.15, 0.2) is 23.4 Å². The van der Waals surface area contributed by atoms with Crippen molar-refractivity contribution in [3.8, 4) is 0 Å². The Kier molecular flexibility index (Phi) is 4.20. The lowest BCUT2D eigenvalue weighted by molar-refractivity contribution is -0.140. The van der Waals surface area contributed by atoms with E-state index in [1.54, 1.807) is 23.5 Å². The first-order valence-electron chi connectivity index (χ1n) is 8.37. The summed E-state index contributed by atoms with van der Waals surface area (Å²) in [4.78, 5) is 41.9. The van der Waals surface area contributed by atoms with Crippen molar-refractivity contribution in [2.24, 2.45) is 5.92 Å². The molecule has 25 heavy (non-hydrogen) atoms. The lowest BCUT2D eigenvalue weighted by Crippen LogP contribution is -2.47. The van der Waals surface area contributed by atoms with Crippen molar-refractivity contribution in [3.63, 3.8) is 0 Å². The van der Waals surface area contributed by atoms with Gasteiger partial charge in [-0.3, -0.25) is 9.59 Å². The van der Waals surface area contributed by atoms with E-state index in [4.69, 9.17) is 0 Å². The minimum atomic E-state index is -0.133. The highest BCUT2D eigenvalue weighted by Gasteiger charge is 2.42. The van der Waals surface area contributed by atoms with Crippen LogP contribution in [0, 0.1) is 12.8 Å². The predicted octanol–water partition coefficient (Wildman–Crippen LogP) is 1.50. The van der Waals surface area contributed by atoms with Gasteiger partial charge in [-0.05, 0) is 19.8 Å². The van der Waals surface area contributed by atoms with Crippen LogP contribution >= 0.6 is 11.3 Å². The summed E-state index contributed by atoms with van der Waals surface area (Å²) in [6, 6.07) is 0.0434. The van der Waals surface area contributed by atoms with Crippen molar-refractivity contribution in [2.75, 3.05) is 13.1 Å². The summed E-state index contributed by atoms with van der Waals surface area (Å²) < 4.78 is 0. The highest BCUT2D eigenvalue weighted by Crippen LogP contribution is 2.31. The Morgan fingerprint density at radius 1 is 1.32 bits per heavy atom. The molecule has 2 bridgehead atoms. The van der Waals surface area contributed by atoms with Gasteiger partial charge >= 0.3 is 0 Å². The molecule has 0 radical (unpaired) electrons. The fourth-order valence-corrected chi connectivity index (χ4v) is 4.23. The van der Waals surface area contributed by atoms with E-state index in [0.717, 1.165) is 18.5 Å². The van der Waals surface area contributed by atoms with Crippen molar-refractivity contribution < 1.29 is 9.59 Å². The molecule has 5 heterocycles. The molecule has 0 aromatic carbocycles. The average Bonchev–Trinajstić information content (AvgIpc) is 2.98. The molecule has 130 valence electrons. The number of aryl methyl sites for hydroxylation is 1. The molecule has 0 spiro atoms. The van der Waals surface area contributed by atoms with Crippen molar-refractivity contribution in [1.29, 1.82) is 0 Å². The van der Waals surface area contributed by atoms with Crippen LogP contribution in [0.4, 0.5) is 0 Å². The van der Waals surface area contributed by atoms with E-state index in [-0.39, 0.29) is 23.8 Å². The molecule has 0 aliphatic carbocycles. The van der Waals surface area contributed by atoms with E-state index in [1.165, 1.54) is 17.7 Å². The summed E-state index contributed by atoms with van der Waals surface area (Å²) in [5, 5.41) is 1.97. The van der Waals surface area contributed by atoms with E-state index >= 15 is 0 Å². The molecule has 3 saturated heterocycles. The molecular formula is C17H19N5O2S. The Balaban J connectivity index is 1.57. The first-order valence-corrected chi connectivity index (χ1v) is 9.31. The maximum atomic E-state index is 12.9. The molecule has 2 atom stereocenters.